The van der Waals surface area contributed by atoms with Crippen molar-refractivity contribution in [2.45, 2.75) is 0 Å². The summed E-state index contributed by atoms with van der Waals surface area (Å²) in [5.74, 6) is -0.103. The summed E-state index contributed by atoms with van der Waals surface area (Å²) in [5, 5.41) is 9.35. The minimum absolute atomic E-state index is 0.103. The number of amides is 1. The number of hydrogen-bond acceptors (Lipinski definition) is 3. The Bertz CT molecular complexity index is 476. The summed E-state index contributed by atoms with van der Waals surface area (Å²) in [5.41, 5.74) is 7.97. The molecule has 5 nitrogen and oxygen atoms in total. The predicted octanol–water partition coefficient (Wildman–Crippen LogP) is 0.765. The van der Waals surface area contributed by atoms with Gasteiger partial charge in [0, 0.05) is 30.4 Å². The van der Waals surface area contributed by atoms with Crippen molar-refractivity contribution in [3.63, 3.8) is 0 Å². The first-order chi connectivity index (χ1) is 8.31. The number of carbonyl (C=O) groups is 1. The van der Waals surface area contributed by atoms with E-state index in [-0.39, 0.29) is 5.91 Å². The lowest BCUT2D eigenvalue weighted by Gasteiger charge is -2.04. The van der Waals surface area contributed by atoms with E-state index in [1.807, 2.05) is 18.3 Å². The highest BCUT2D eigenvalue weighted by Crippen LogP contribution is 2.17. The van der Waals surface area contributed by atoms with Crippen LogP contribution in [0.2, 0.25) is 0 Å². The van der Waals surface area contributed by atoms with Gasteiger partial charge < -0.3 is 11.1 Å². The Morgan fingerprint density at radius 3 is 2.65 bits per heavy atom. The van der Waals surface area contributed by atoms with Crippen LogP contribution in [0.15, 0.2) is 36.7 Å². The molecular weight excluding hydrogens is 216 g/mol. The summed E-state index contributed by atoms with van der Waals surface area (Å²) in [6, 6.07) is 7.35. The zero-order chi connectivity index (χ0) is 12.1. The summed E-state index contributed by atoms with van der Waals surface area (Å²) in [4.78, 5) is 11.6. The average molecular weight is 230 g/mol. The number of nitrogens with zero attached hydrogens (tertiary/aromatic N) is 1. The molecule has 0 radical (unpaired) electrons. The van der Waals surface area contributed by atoms with Crippen molar-refractivity contribution in [2.24, 2.45) is 5.73 Å². The molecule has 0 atom stereocenters. The lowest BCUT2D eigenvalue weighted by molar-refractivity contribution is 0.0955. The molecule has 0 saturated heterocycles. The molecule has 0 aliphatic heterocycles. The van der Waals surface area contributed by atoms with Gasteiger partial charge in [-0.05, 0) is 17.7 Å². The van der Waals surface area contributed by atoms with E-state index < -0.39 is 0 Å². The summed E-state index contributed by atoms with van der Waals surface area (Å²) in [7, 11) is 0. The maximum Gasteiger partial charge on any atom is 0.251 e. The van der Waals surface area contributed by atoms with Gasteiger partial charge in [-0.1, -0.05) is 12.1 Å². The van der Waals surface area contributed by atoms with Gasteiger partial charge in [-0.3, -0.25) is 9.89 Å². The maximum absolute atomic E-state index is 11.6. The van der Waals surface area contributed by atoms with Gasteiger partial charge in [0.15, 0.2) is 0 Å². The van der Waals surface area contributed by atoms with Crippen LogP contribution < -0.4 is 11.1 Å². The Kier molecular flexibility index (Phi) is 3.52. The van der Waals surface area contributed by atoms with Crippen molar-refractivity contribution in [2.75, 3.05) is 13.1 Å². The molecule has 0 unspecified atom stereocenters. The van der Waals surface area contributed by atoms with Crippen LogP contribution in [0.25, 0.3) is 11.1 Å². The molecule has 0 aliphatic carbocycles. The third kappa shape index (κ3) is 2.70. The lowest BCUT2D eigenvalue weighted by Crippen LogP contribution is -2.28. The second-order valence-corrected chi connectivity index (χ2v) is 3.61. The quantitative estimate of drug-likeness (QED) is 0.725. The minimum Gasteiger partial charge on any atom is -0.351 e. The smallest absolute Gasteiger partial charge is 0.251 e. The van der Waals surface area contributed by atoms with E-state index in [0.29, 0.717) is 18.7 Å². The summed E-state index contributed by atoms with van der Waals surface area (Å²) < 4.78 is 0. The Morgan fingerprint density at radius 1 is 1.29 bits per heavy atom. The van der Waals surface area contributed by atoms with E-state index >= 15 is 0 Å². The molecule has 4 N–H and O–H groups in total. The van der Waals surface area contributed by atoms with Crippen molar-refractivity contribution < 1.29 is 4.79 Å². The van der Waals surface area contributed by atoms with Crippen molar-refractivity contribution in [1.29, 1.82) is 0 Å². The van der Waals surface area contributed by atoms with Gasteiger partial charge in [0.25, 0.3) is 5.91 Å². The SMILES string of the molecule is NCCNC(=O)c1ccc(-c2cn[nH]c2)cc1. The number of nitrogens with one attached hydrogen (secondary N) is 2. The molecule has 1 aromatic carbocycles. The first-order valence-corrected chi connectivity index (χ1v) is 5.39. The summed E-state index contributed by atoms with van der Waals surface area (Å²) in [6.07, 6.45) is 3.55. The molecule has 17 heavy (non-hydrogen) atoms. The molecule has 2 aromatic rings. The van der Waals surface area contributed by atoms with Crippen molar-refractivity contribution >= 4 is 5.91 Å². The van der Waals surface area contributed by atoms with E-state index in [1.165, 1.54) is 0 Å². The van der Waals surface area contributed by atoms with Gasteiger partial charge in [0.2, 0.25) is 0 Å². The standard InChI is InChI=1S/C12H14N4O/c13-5-6-14-12(17)10-3-1-9(2-4-10)11-7-15-16-8-11/h1-4,7-8H,5-6,13H2,(H,14,17)(H,15,16). The van der Waals surface area contributed by atoms with Gasteiger partial charge in [0.1, 0.15) is 0 Å². The van der Waals surface area contributed by atoms with Gasteiger partial charge in [-0.15, -0.1) is 0 Å². The molecule has 2 rings (SSSR count). The largest absolute Gasteiger partial charge is 0.351 e. The first-order valence-electron chi connectivity index (χ1n) is 5.39. The van der Waals surface area contributed by atoms with Gasteiger partial charge >= 0.3 is 0 Å². The number of nitrogens with two attached hydrogens (primary N) is 1. The zero-order valence-electron chi connectivity index (χ0n) is 9.31. The fraction of sp³-hybridized carbons (Fsp3) is 0.167. The fourth-order valence-corrected chi connectivity index (χ4v) is 1.51. The Labute approximate surface area is 99.0 Å². The highest BCUT2D eigenvalue weighted by Gasteiger charge is 2.05. The topological polar surface area (TPSA) is 83.8 Å². The second-order valence-electron chi connectivity index (χ2n) is 3.61. The number of aromatic nitrogens is 2. The Balaban J connectivity index is 2.10. The van der Waals surface area contributed by atoms with Crippen LogP contribution in [-0.4, -0.2) is 29.2 Å². The Morgan fingerprint density at radius 2 is 2.06 bits per heavy atom. The van der Waals surface area contributed by atoms with Crippen LogP contribution in [0.1, 0.15) is 10.4 Å². The molecule has 0 spiro atoms. The van der Waals surface area contributed by atoms with Gasteiger partial charge in [0.05, 0.1) is 6.20 Å². The highest BCUT2D eigenvalue weighted by molar-refractivity contribution is 5.94. The lowest BCUT2D eigenvalue weighted by atomic mass is 10.1. The third-order valence-corrected chi connectivity index (χ3v) is 2.41. The second kappa shape index (κ2) is 5.27. The normalized spacial score (nSPS) is 10.2. The van der Waals surface area contributed by atoms with Crippen molar-refractivity contribution in [1.82, 2.24) is 15.5 Å². The molecule has 1 heterocycles. The molecule has 0 fully saturated rings. The van der Waals surface area contributed by atoms with Gasteiger partial charge in [-0.2, -0.15) is 5.10 Å². The molecule has 1 aromatic heterocycles. The third-order valence-electron chi connectivity index (χ3n) is 2.41. The summed E-state index contributed by atoms with van der Waals surface area (Å²) in [6.45, 7) is 0.932. The van der Waals surface area contributed by atoms with Crippen LogP contribution in [0.3, 0.4) is 0 Å². The molecular formula is C12H14N4O. The molecule has 0 bridgehead atoms. The fourth-order valence-electron chi connectivity index (χ4n) is 1.51. The van der Waals surface area contributed by atoms with E-state index in [9.17, 15) is 4.79 Å². The summed E-state index contributed by atoms with van der Waals surface area (Å²) >= 11 is 0. The van der Waals surface area contributed by atoms with E-state index in [2.05, 4.69) is 15.5 Å². The maximum atomic E-state index is 11.6. The predicted molar refractivity (Wildman–Crippen MR) is 65.4 cm³/mol. The highest BCUT2D eigenvalue weighted by atomic mass is 16.1. The minimum atomic E-state index is -0.103. The zero-order valence-corrected chi connectivity index (χ0v) is 9.31. The first kappa shape index (κ1) is 11.3. The van der Waals surface area contributed by atoms with E-state index in [4.69, 9.17) is 5.73 Å². The average Bonchev–Trinajstić information content (AvgIpc) is 2.90. The van der Waals surface area contributed by atoms with Gasteiger partial charge in [-0.25, -0.2) is 0 Å². The van der Waals surface area contributed by atoms with Crippen molar-refractivity contribution in [3.05, 3.63) is 42.2 Å². The monoisotopic (exact) mass is 230 g/mol. The van der Waals surface area contributed by atoms with Crippen LogP contribution in [0.5, 0.6) is 0 Å². The number of aromatic amines is 1. The van der Waals surface area contributed by atoms with Crippen molar-refractivity contribution in [3.8, 4) is 11.1 Å². The number of rotatable bonds is 4. The van der Waals surface area contributed by atoms with Crippen LogP contribution in [-0.2, 0) is 0 Å². The number of benzene rings is 1. The van der Waals surface area contributed by atoms with Crippen LogP contribution in [0, 0.1) is 0 Å². The molecule has 1 amide bonds. The number of hydrogen-bond donors (Lipinski definition) is 3. The molecule has 0 aliphatic rings. The molecule has 0 saturated carbocycles. The van der Waals surface area contributed by atoms with E-state index in [1.54, 1.807) is 18.3 Å². The van der Waals surface area contributed by atoms with E-state index in [0.717, 1.165) is 11.1 Å². The molecule has 88 valence electrons. The number of carbonyl (C=O) groups excluding carboxylic acids is 1. The van der Waals surface area contributed by atoms with Crippen LogP contribution in [0.4, 0.5) is 0 Å². The Hall–Kier alpha value is -2.14. The van der Waals surface area contributed by atoms with Crippen LogP contribution >= 0.6 is 0 Å². The number of H-pyrrole nitrogens is 1. The molecule has 5 heteroatoms.